The van der Waals surface area contributed by atoms with Crippen LogP contribution in [0, 0.1) is 10.1 Å². The minimum atomic E-state index is -0.624. The van der Waals surface area contributed by atoms with Gasteiger partial charge in [0.05, 0.1) is 17.7 Å². The van der Waals surface area contributed by atoms with Gasteiger partial charge in [0.1, 0.15) is 16.8 Å². The molecule has 0 aliphatic carbocycles. The van der Waals surface area contributed by atoms with Gasteiger partial charge in [-0.25, -0.2) is 0 Å². The normalized spacial score (nSPS) is 12.0. The quantitative estimate of drug-likeness (QED) is 0.461. The van der Waals surface area contributed by atoms with E-state index in [4.69, 9.17) is 16.0 Å². The summed E-state index contributed by atoms with van der Waals surface area (Å²) in [6, 6.07) is 16.4. The van der Waals surface area contributed by atoms with Gasteiger partial charge in [-0.05, 0) is 36.9 Å². The van der Waals surface area contributed by atoms with E-state index < -0.39 is 11.0 Å². The van der Waals surface area contributed by atoms with Crippen LogP contribution in [0.15, 0.2) is 71.3 Å². The highest BCUT2D eigenvalue weighted by Gasteiger charge is 2.26. The summed E-state index contributed by atoms with van der Waals surface area (Å²) in [4.78, 5) is 25.4. The van der Waals surface area contributed by atoms with Crippen LogP contribution in [0.3, 0.4) is 0 Å². The summed E-state index contributed by atoms with van der Waals surface area (Å²) in [7, 11) is 1.81. The molecule has 2 aromatic carbocycles. The van der Waals surface area contributed by atoms with Crippen LogP contribution in [-0.2, 0) is 11.3 Å². The number of nitrogens with one attached hydrogen (secondary N) is 1. The van der Waals surface area contributed by atoms with Crippen LogP contribution in [-0.4, -0.2) is 22.8 Å². The number of hydrogen-bond acceptors (Lipinski definition) is 5. The van der Waals surface area contributed by atoms with Crippen LogP contribution >= 0.6 is 11.6 Å². The number of amides is 1. The lowest BCUT2D eigenvalue weighted by molar-refractivity contribution is -0.384. The zero-order valence-corrected chi connectivity index (χ0v) is 15.8. The van der Waals surface area contributed by atoms with Gasteiger partial charge in [0.2, 0.25) is 5.91 Å². The molecule has 0 saturated carbocycles. The Morgan fingerprint density at radius 3 is 2.61 bits per heavy atom. The van der Waals surface area contributed by atoms with Crippen molar-refractivity contribution in [1.29, 1.82) is 0 Å². The van der Waals surface area contributed by atoms with Crippen molar-refractivity contribution in [2.75, 3.05) is 12.4 Å². The molecule has 1 atom stereocenters. The van der Waals surface area contributed by atoms with E-state index in [2.05, 4.69) is 5.32 Å². The molecular formula is C20H18ClN3O4. The highest BCUT2D eigenvalue weighted by molar-refractivity contribution is 6.32. The first-order valence-electron chi connectivity index (χ1n) is 8.48. The number of nitro benzene ring substituents is 1. The molecule has 0 aliphatic rings. The van der Waals surface area contributed by atoms with Crippen LogP contribution in [0.4, 0.5) is 11.4 Å². The molecule has 8 heteroatoms. The second kappa shape index (κ2) is 8.69. The summed E-state index contributed by atoms with van der Waals surface area (Å²) in [5.41, 5.74) is 0.825. The van der Waals surface area contributed by atoms with Gasteiger partial charge in [-0.1, -0.05) is 41.9 Å². The zero-order valence-electron chi connectivity index (χ0n) is 15.0. The fourth-order valence-electron chi connectivity index (χ4n) is 2.92. The van der Waals surface area contributed by atoms with Gasteiger partial charge in [-0.15, -0.1) is 0 Å². The highest BCUT2D eigenvalue weighted by atomic mass is 35.5. The minimum Gasteiger partial charge on any atom is -0.468 e. The van der Waals surface area contributed by atoms with Gasteiger partial charge >= 0.3 is 0 Å². The summed E-state index contributed by atoms with van der Waals surface area (Å²) in [5.74, 6) is 0.398. The van der Waals surface area contributed by atoms with Gasteiger partial charge in [-0.2, -0.15) is 0 Å². The Labute approximate surface area is 166 Å². The summed E-state index contributed by atoms with van der Waals surface area (Å²) >= 11 is 5.84. The predicted octanol–water partition coefficient (Wildman–Crippen LogP) is 4.65. The number of carbonyl (C=O) groups is 1. The number of anilines is 1. The van der Waals surface area contributed by atoms with Crippen molar-refractivity contribution in [2.45, 2.75) is 12.6 Å². The van der Waals surface area contributed by atoms with E-state index in [0.29, 0.717) is 12.2 Å². The third-order valence-corrected chi connectivity index (χ3v) is 4.52. The molecule has 1 amide bonds. The fraction of sp³-hybridized carbons (Fsp3) is 0.150. The fourth-order valence-corrected chi connectivity index (χ4v) is 3.11. The molecule has 144 valence electrons. The summed E-state index contributed by atoms with van der Waals surface area (Å²) < 4.78 is 5.38. The number of benzene rings is 2. The number of nitrogens with zero attached hydrogens (tertiary/aromatic N) is 2. The molecular weight excluding hydrogens is 382 g/mol. The molecule has 0 fully saturated rings. The summed E-state index contributed by atoms with van der Waals surface area (Å²) in [6.07, 6.45) is 1.58. The van der Waals surface area contributed by atoms with E-state index in [0.717, 1.165) is 11.3 Å². The van der Waals surface area contributed by atoms with Crippen molar-refractivity contribution in [3.63, 3.8) is 0 Å². The molecule has 3 aromatic rings. The van der Waals surface area contributed by atoms with E-state index in [1.54, 1.807) is 12.3 Å². The van der Waals surface area contributed by atoms with E-state index in [1.165, 1.54) is 18.2 Å². The lowest BCUT2D eigenvalue weighted by atomic mass is 10.0. The molecule has 0 radical (unpaired) electrons. The third kappa shape index (κ3) is 4.57. The Morgan fingerprint density at radius 1 is 1.21 bits per heavy atom. The second-order valence-electron chi connectivity index (χ2n) is 6.22. The molecule has 3 rings (SSSR count). The molecule has 1 aromatic heterocycles. The maximum atomic E-state index is 13.1. The van der Waals surface area contributed by atoms with E-state index in [1.807, 2.05) is 48.3 Å². The van der Waals surface area contributed by atoms with Crippen molar-refractivity contribution in [3.05, 3.63) is 93.4 Å². The predicted molar refractivity (Wildman–Crippen MR) is 106 cm³/mol. The smallest absolute Gasteiger partial charge is 0.289 e. The van der Waals surface area contributed by atoms with Crippen molar-refractivity contribution in [1.82, 2.24) is 4.90 Å². The van der Waals surface area contributed by atoms with E-state index >= 15 is 0 Å². The number of carbonyl (C=O) groups excluding carboxylic acids is 1. The largest absolute Gasteiger partial charge is 0.468 e. The average Bonchev–Trinajstić information content (AvgIpc) is 3.17. The Balaban J connectivity index is 1.86. The number of likely N-dealkylation sites (N-methyl/N-ethyl adjacent to an activating group) is 1. The molecule has 28 heavy (non-hydrogen) atoms. The van der Waals surface area contributed by atoms with Crippen molar-refractivity contribution >= 4 is 28.9 Å². The highest BCUT2D eigenvalue weighted by Crippen LogP contribution is 2.29. The Bertz CT molecular complexity index is 961. The minimum absolute atomic E-state index is 0.0116. The SMILES string of the molecule is CN(Cc1ccco1)[C@@H](C(=O)Nc1ccc(Cl)c([N+](=O)[O-])c1)c1ccccc1. The molecule has 0 unspecified atom stereocenters. The van der Waals surface area contributed by atoms with Gasteiger partial charge in [0.25, 0.3) is 5.69 Å². The third-order valence-electron chi connectivity index (χ3n) is 4.20. The Morgan fingerprint density at radius 2 is 1.96 bits per heavy atom. The molecule has 0 saturated heterocycles. The maximum absolute atomic E-state index is 13.1. The van der Waals surface area contributed by atoms with Gasteiger partial charge in [-0.3, -0.25) is 19.8 Å². The van der Waals surface area contributed by atoms with Gasteiger partial charge < -0.3 is 9.73 Å². The molecule has 0 aliphatic heterocycles. The summed E-state index contributed by atoms with van der Waals surface area (Å²) in [6.45, 7) is 0.417. The standard InChI is InChI=1S/C20H18ClN3O4/c1-23(13-16-8-5-11-28-16)19(14-6-3-2-4-7-14)20(25)22-15-9-10-17(21)18(12-15)24(26)27/h2-12,19H,13H2,1H3,(H,22,25)/t19-/m1/s1. The number of rotatable bonds is 7. The van der Waals surface area contributed by atoms with Crippen LogP contribution in [0.2, 0.25) is 5.02 Å². The lowest BCUT2D eigenvalue weighted by Crippen LogP contribution is -2.34. The van der Waals surface area contributed by atoms with E-state index in [-0.39, 0.29) is 16.6 Å². The monoisotopic (exact) mass is 399 g/mol. The van der Waals surface area contributed by atoms with Crippen LogP contribution in [0.5, 0.6) is 0 Å². The number of hydrogen-bond donors (Lipinski definition) is 1. The van der Waals surface area contributed by atoms with Gasteiger partial charge in [0, 0.05) is 11.8 Å². The number of furan rings is 1. The first-order valence-corrected chi connectivity index (χ1v) is 8.86. The average molecular weight is 400 g/mol. The van der Waals surface area contributed by atoms with Crippen LogP contribution in [0.1, 0.15) is 17.4 Å². The number of halogens is 1. The molecule has 0 bridgehead atoms. The molecule has 7 nitrogen and oxygen atoms in total. The molecule has 1 heterocycles. The van der Waals surface area contributed by atoms with Crippen molar-refractivity contribution < 1.29 is 14.1 Å². The first-order chi connectivity index (χ1) is 13.5. The van der Waals surface area contributed by atoms with Gasteiger partial charge in [0.15, 0.2) is 0 Å². The molecule has 1 N–H and O–H groups in total. The van der Waals surface area contributed by atoms with E-state index in [9.17, 15) is 14.9 Å². The lowest BCUT2D eigenvalue weighted by Gasteiger charge is -2.27. The van der Waals surface area contributed by atoms with Crippen LogP contribution in [0.25, 0.3) is 0 Å². The molecule has 0 spiro atoms. The zero-order chi connectivity index (χ0) is 20.1. The Hall–Kier alpha value is -3.16. The van der Waals surface area contributed by atoms with Crippen LogP contribution < -0.4 is 5.32 Å². The topological polar surface area (TPSA) is 88.6 Å². The number of nitro groups is 1. The first kappa shape index (κ1) is 19.6. The second-order valence-corrected chi connectivity index (χ2v) is 6.63. The van der Waals surface area contributed by atoms with Crippen molar-refractivity contribution in [2.24, 2.45) is 0 Å². The summed E-state index contributed by atoms with van der Waals surface area (Å²) in [5, 5.41) is 13.9. The van der Waals surface area contributed by atoms with Crippen molar-refractivity contribution in [3.8, 4) is 0 Å². The Kier molecular flexibility index (Phi) is 6.08. The maximum Gasteiger partial charge on any atom is 0.289 e.